The normalized spacial score (nSPS) is 19.2. The highest BCUT2D eigenvalue weighted by Crippen LogP contribution is 2.37. The van der Waals surface area contributed by atoms with Crippen molar-refractivity contribution < 1.29 is 0 Å². The Balaban J connectivity index is 2.18. The minimum Gasteiger partial charge on any atom is -0.0922 e. The lowest BCUT2D eigenvalue weighted by Gasteiger charge is -2.23. The van der Waals surface area contributed by atoms with E-state index in [-0.39, 0.29) is 0 Å². The lowest BCUT2D eigenvalue weighted by Crippen LogP contribution is -2.06. The molecule has 0 saturated heterocycles. The molecule has 1 atom stereocenters. The third-order valence-corrected chi connectivity index (χ3v) is 5.17. The summed E-state index contributed by atoms with van der Waals surface area (Å²) < 4.78 is 0. The molecule has 0 amide bonds. The summed E-state index contributed by atoms with van der Waals surface area (Å²) in [5, 5.41) is 1.97. The zero-order valence-corrected chi connectivity index (χ0v) is 12.7. The van der Waals surface area contributed by atoms with Crippen molar-refractivity contribution in [2.75, 3.05) is 5.33 Å². The van der Waals surface area contributed by atoms with Gasteiger partial charge in [0.1, 0.15) is 0 Å². The topological polar surface area (TPSA) is 0 Å². The second-order valence-corrected chi connectivity index (χ2v) is 6.23. The van der Waals surface area contributed by atoms with Crippen LogP contribution >= 0.6 is 27.5 Å². The second kappa shape index (κ2) is 6.24. The molecule has 0 aliphatic heterocycles. The van der Waals surface area contributed by atoms with E-state index in [0.29, 0.717) is 11.8 Å². The molecule has 0 nitrogen and oxygen atoms in total. The summed E-state index contributed by atoms with van der Waals surface area (Å²) in [5.74, 6) is 1.23. The molecular formula is C15H20BrCl. The highest BCUT2D eigenvalue weighted by Gasteiger charge is 2.18. The van der Waals surface area contributed by atoms with Crippen molar-refractivity contribution in [3.63, 3.8) is 0 Å². The predicted octanol–water partition coefficient (Wildman–Crippen LogP) is 5.89. The van der Waals surface area contributed by atoms with Crippen LogP contribution < -0.4 is 0 Å². The van der Waals surface area contributed by atoms with Crippen LogP contribution in [0.3, 0.4) is 0 Å². The minimum atomic E-state index is 0.535. The van der Waals surface area contributed by atoms with E-state index in [1.807, 2.05) is 0 Å². The van der Waals surface area contributed by atoms with Crippen LogP contribution in [-0.4, -0.2) is 5.33 Å². The van der Waals surface area contributed by atoms with Crippen molar-refractivity contribution in [1.29, 1.82) is 0 Å². The zero-order valence-electron chi connectivity index (χ0n) is 10.4. The predicted molar refractivity (Wildman–Crippen MR) is 79.5 cm³/mol. The first-order valence-corrected chi connectivity index (χ1v) is 8.07. The Morgan fingerprint density at radius 3 is 2.59 bits per heavy atom. The van der Waals surface area contributed by atoms with Gasteiger partial charge in [-0.2, -0.15) is 0 Å². The Kier molecular flexibility index (Phi) is 4.93. The highest BCUT2D eigenvalue weighted by atomic mass is 79.9. The lowest BCUT2D eigenvalue weighted by molar-refractivity contribution is 0.443. The summed E-state index contributed by atoms with van der Waals surface area (Å²) in [6.45, 7) is 2.22. The monoisotopic (exact) mass is 314 g/mol. The molecule has 1 aliphatic rings. The number of rotatable bonds is 3. The second-order valence-electron chi connectivity index (χ2n) is 5.17. The van der Waals surface area contributed by atoms with Crippen molar-refractivity contribution in [1.82, 2.24) is 0 Å². The molecule has 1 fully saturated rings. The van der Waals surface area contributed by atoms with Crippen molar-refractivity contribution >= 4 is 27.5 Å². The molecule has 1 aromatic rings. The number of hydrogen-bond acceptors (Lipinski definition) is 0. The van der Waals surface area contributed by atoms with E-state index in [9.17, 15) is 0 Å². The molecule has 1 aromatic carbocycles. The summed E-state index contributed by atoms with van der Waals surface area (Å²) in [7, 11) is 0. The fraction of sp³-hybridized carbons (Fsp3) is 0.600. The molecule has 1 saturated carbocycles. The molecule has 0 aromatic heterocycles. The van der Waals surface area contributed by atoms with Crippen LogP contribution in [0.15, 0.2) is 18.2 Å². The van der Waals surface area contributed by atoms with E-state index in [4.69, 9.17) is 11.6 Å². The van der Waals surface area contributed by atoms with E-state index in [1.165, 1.54) is 43.2 Å². The Bertz CT molecular complexity index is 369. The van der Waals surface area contributed by atoms with Gasteiger partial charge < -0.3 is 0 Å². The zero-order chi connectivity index (χ0) is 12.3. The molecule has 1 aliphatic carbocycles. The average Bonchev–Trinajstić information content (AvgIpc) is 2.38. The van der Waals surface area contributed by atoms with Gasteiger partial charge in [0.2, 0.25) is 0 Å². The molecule has 0 N–H and O–H groups in total. The van der Waals surface area contributed by atoms with Crippen molar-refractivity contribution in [2.45, 2.75) is 50.9 Å². The molecule has 0 heterocycles. The van der Waals surface area contributed by atoms with Gasteiger partial charge in [0.15, 0.2) is 0 Å². The molecule has 0 radical (unpaired) electrons. The number of benzene rings is 1. The van der Waals surface area contributed by atoms with Gasteiger partial charge in [0, 0.05) is 10.4 Å². The van der Waals surface area contributed by atoms with Gasteiger partial charge in [-0.05, 0) is 41.9 Å². The fourth-order valence-electron chi connectivity index (χ4n) is 2.68. The van der Waals surface area contributed by atoms with Gasteiger partial charge in [0.05, 0.1) is 0 Å². The highest BCUT2D eigenvalue weighted by molar-refractivity contribution is 9.09. The molecule has 1 unspecified atom stereocenters. The maximum Gasteiger partial charge on any atom is 0.0443 e. The molecular weight excluding hydrogens is 296 g/mol. The largest absolute Gasteiger partial charge is 0.0922 e. The fourth-order valence-corrected chi connectivity index (χ4v) is 3.40. The summed E-state index contributed by atoms with van der Waals surface area (Å²) in [6.07, 6.45) is 6.74. The van der Waals surface area contributed by atoms with E-state index >= 15 is 0 Å². The van der Waals surface area contributed by atoms with E-state index in [0.717, 1.165) is 10.4 Å². The summed E-state index contributed by atoms with van der Waals surface area (Å²) in [5.41, 5.74) is 2.71. The molecule has 0 bridgehead atoms. The number of alkyl halides is 1. The first-order chi connectivity index (χ1) is 8.22. The third-order valence-electron chi connectivity index (χ3n) is 3.87. The summed E-state index contributed by atoms with van der Waals surface area (Å²) in [6, 6.07) is 6.67. The maximum absolute atomic E-state index is 6.45. The standard InChI is InChI=1S/C15H20BrCl/c1-11(10-16)13-7-8-14(15(17)9-13)12-5-3-2-4-6-12/h7-9,11-12H,2-6,10H2,1H3. The lowest BCUT2D eigenvalue weighted by atomic mass is 9.83. The molecule has 17 heavy (non-hydrogen) atoms. The van der Waals surface area contributed by atoms with E-state index in [1.54, 1.807) is 0 Å². The van der Waals surface area contributed by atoms with E-state index in [2.05, 4.69) is 41.1 Å². The molecule has 2 rings (SSSR count). The maximum atomic E-state index is 6.45. The molecule has 0 spiro atoms. The van der Waals surface area contributed by atoms with Crippen LogP contribution in [0.1, 0.15) is 62.0 Å². The smallest absolute Gasteiger partial charge is 0.0443 e. The summed E-state index contributed by atoms with van der Waals surface area (Å²) in [4.78, 5) is 0. The van der Waals surface area contributed by atoms with Gasteiger partial charge in [-0.3, -0.25) is 0 Å². The average molecular weight is 316 g/mol. The number of hydrogen-bond donors (Lipinski definition) is 0. The molecule has 94 valence electrons. The van der Waals surface area contributed by atoms with Gasteiger partial charge in [-0.15, -0.1) is 0 Å². The van der Waals surface area contributed by atoms with Crippen LogP contribution in [-0.2, 0) is 0 Å². The third kappa shape index (κ3) is 3.26. The summed E-state index contributed by atoms with van der Waals surface area (Å²) >= 11 is 9.98. The Morgan fingerprint density at radius 2 is 2.00 bits per heavy atom. The van der Waals surface area contributed by atoms with Gasteiger partial charge >= 0.3 is 0 Å². The van der Waals surface area contributed by atoms with Crippen LogP contribution in [0.5, 0.6) is 0 Å². The van der Waals surface area contributed by atoms with Crippen LogP contribution in [0.25, 0.3) is 0 Å². The Hall–Kier alpha value is -0.0100. The van der Waals surface area contributed by atoms with Crippen molar-refractivity contribution in [3.05, 3.63) is 34.3 Å². The quantitative estimate of drug-likeness (QED) is 0.610. The van der Waals surface area contributed by atoms with Gasteiger partial charge in [-0.25, -0.2) is 0 Å². The number of halogens is 2. The Labute approximate surface area is 118 Å². The minimum absolute atomic E-state index is 0.535. The first-order valence-electron chi connectivity index (χ1n) is 6.57. The van der Waals surface area contributed by atoms with Crippen LogP contribution in [0, 0.1) is 0 Å². The van der Waals surface area contributed by atoms with Crippen molar-refractivity contribution in [2.24, 2.45) is 0 Å². The van der Waals surface area contributed by atoms with E-state index < -0.39 is 0 Å². The SMILES string of the molecule is CC(CBr)c1ccc(C2CCCCC2)c(Cl)c1. The van der Waals surface area contributed by atoms with Gasteiger partial charge in [-0.1, -0.05) is 65.8 Å². The Morgan fingerprint density at radius 1 is 1.29 bits per heavy atom. The van der Waals surface area contributed by atoms with Crippen LogP contribution in [0.4, 0.5) is 0 Å². The first kappa shape index (κ1) is 13.4. The molecule has 2 heteroatoms. The van der Waals surface area contributed by atoms with Crippen LogP contribution in [0.2, 0.25) is 5.02 Å². The van der Waals surface area contributed by atoms with Crippen molar-refractivity contribution in [3.8, 4) is 0 Å². The van der Waals surface area contributed by atoms with Gasteiger partial charge in [0.25, 0.3) is 0 Å².